The zero-order valence-electron chi connectivity index (χ0n) is 19.0. The standard InChI is InChI=1S/C25H20Cl4N2O4S/c1-33-20-6-5-16(27)11-19(20)30-25-31-24(32)22(36-25)9-13-7-18(29)23(21(8-13)34-2)35-12-14-3-4-15(26)10-17(14)28/h3-11,25,30H,12H2,1-2H3,(H,31,32)/b22-9-. The van der Waals surface area contributed by atoms with Crippen molar-refractivity contribution in [3.05, 3.63) is 84.7 Å². The molecule has 0 saturated carbocycles. The van der Waals surface area contributed by atoms with Gasteiger partial charge in [-0.05, 0) is 54.1 Å². The Labute approximate surface area is 232 Å². The van der Waals surface area contributed by atoms with Crippen molar-refractivity contribution in [1.29, 1.82) is 0 Å². The first kappa shape index (κ1) is 26.6. The van der Waals surface area contributed by atoms with Crippen LogP contribution in [0.4, 0.5) is 5.69 Å². The summed E-state index contributed by atoms with van der Waals surface area (Å²) in [6.07, 6.45) is 1.73. The number of methoxy groups -OCH3 is 2. The minimum Gasteiger partial charge on any atom is -0.495 e. The monoisotopic (exact) mass is 584 g/mol. The maximum Gasteiger partial charge on any atom is 0.260 e. The zero-order chi connectivity index (χ0) is 25.8. The lowest BCUT2D eigenvalue weighted by atomic mass is 10.1. The quantitative estimate of drug-likeness (QED) is 0.267. The van der Waals surface area contributed by atoms with Crippen LogP contribution in [-0.2, 0) is 11.4 Å². The van der Waals surface area contributed by atoms with E-state index in [4.69, 9.17) is 60.6 Å². The zero-order valence-corrected chi connectivity index (χ0v) is 22.9. The van der Waals surface area contributed by atoms with E-state index in [1.807, 2.05) is 0 Å². The molecule has 1 unspecified atom stereocenters. The molecule has 3 aromatic carbocycles. The van der Waals surface area contributed by atoms with Crippen molar-refractivity contribution in [2.24, 2.45) is 0 Å². The summed E-state index contributed by atoms with van der Waals surface area (Å²) in [6.45, 7) is 0.172. The highest BCUT2D eigenvalue weighted by atomic mass is 35.5. The minimum atomic E-state index is -0.416. The summed E-state index contributed by atoms with van der Waals surface area (Å²) in [5.41, 5.74) is 1.67. The molecular formula is C25H20Cl4N2O4S. The van der Waals surface area contributed by atoms with Crippen LogP contribution in [0, 0.1) is 0 Å². The highest BCUT2D eigenvalue weighted by Crippen LogP contribution is 2.40. The number of anilines is 1. The van der Waals surface area contributed by atoms with Crippen molar-refractivity contribution >= 4 is 75.8 Å². The van der Waals surface area contributed by atoms with Crippen molar-refractivity contribution in [2.75, 3.05) is 19.5 Å². The highest BCUT2D eigenvalue weighted by molar-refractivity contribution is 8.05. The molecule has 1 amide bonds. The van der Waals surface area contributed by atoms with E-state index in [1.165, 1.54) is 18.9 Å². The van der Waals surface area contributed by atoms with Crippen LogP contribution >= 0.6 is 58.2 Å². The maximum atomic E-state index is 12.6. The molecule has 1 heterocycles. The molecule has 188 valence electrons. The predicted octanol–water partition coefficient (Wildman–Crippen LogP) is 7.50. The molecule has 3 aromatic rings. The number of ether oxygens (including phenoxy) is 3. The Morgan fingerprint density at radius 1 is 0.944 bits per heavy atom. The molecule has 0 aromatic heterocycles. The molecule has 36 heavy (non-hydrogen) atoms. The van der Waals surface area contributed by atoms with E-state index in [0.29, 0.717) is 53.5 Å². The first-order valence-electron chi connectivity index (χ1n) is 10.5. The van der Waals surface area contributed by atoms with Crippen molar-refractivity contribution in [3.63, 3.8) is 0 Å². The maximum absolute atomic E-state index is 12.6. The third kappa shape index (κ3) is 6.28. The smallest absolute Gasteiger partial charge is 0.260 e. The lowest BCUT2D eigenvalue weighted by Crippen LogP contribution is -2.31. The average molecular weight is 586 g/mol. The number of benzene rings is 3. The molecule has 1 aliphatic rings. The van der Waals surface area contributed by atoms with Gasteiger partial charge in [-0.25, -0.2) is 0 Å². The molecule has 1 saturated heterocycles. The second-order valence-corrected chi connectivity index (χ2v) is 10.4. The topological polar surface area (TPSA) is 68.8 Å². The van der Waals surface area contributed by atoms with E-state index in [0.717, 1.165) is 5.56 Å². The second-order valence-electron chi connectivity index (χ2n) is 7.53. The molecule has 0 bridgehead atoms. The Bertz CT molecular complexity index is 1340. The van der Waals surface area contributed by atoms with Crippen molar-refractivity contribution < 1.29 is 19.0 Å². The highest BCUT2D eigenvalue weighted by Gasteiger charge is 2.28. The number of amides is 1. The molecule has 11 heteroatoms. The van der Waals surface area contributed by atoms with Gasteiger partial charge in [-0.3, -0.25) is 4.79 Å². The Balaban J connectivity index is 1.51. The van der Waals surface area contributed by atoms with Gasteiger partial charge in [0, 0.05) is 20.6 Å². The van der Waals surface area contributed by atoms with Gasteiger partial charge in [-0.2, -0.15) is 0 Å². The van der Waals surface area contributed by atoms with E-state index >= 15 is 0 Å². The van der Waals surface area contributed by atoms with Crippen molar-refractivity contribution in [1.82, 2.24) is 5.32 Å². The van der Waals surface area contributed by atoms with Crippen LogP contribution in [0.2, 0.25) is 20.1 Å². The SMILES string of the molecule is COc1ccc(Cl)cc1NC1NC(=O)/C(=C/c2cc(Cl)c(OCc3ccc(Cl)cc3Cl)c(OC)c2)S1. The van der Waals surface area contributed by atoms with Gasteiger partial charge < -0.3 is 24.8 Å². The summed E-state index contributed by atoms with van der Waals surface area (Å²) in [5.74, 6) is 1.16. The first-order valence-corrected chi connectivity index (χ1v) is 12.9. The van der Waals surface area contributed by atoms with Crippen molar-refractivity contribution in [3.8, 4) is 17.2 Å². The van der Waals surface area contributed by atoms with Crippen molar-refractivity contribution in [2.45, 2.75) is 12.1 Å². The van der Waals surface area contributed by atoms with E-state index in [-0.39, 0.29) is 12.5 Å². The number of rotatable bonds is 8. The van der Waals surface area contributed by atoms with E-state index in [1.54, 1.807) is 61.7 Å². The molecule has 1 aliphatic heterocycles. The molecule has 1 atom stereocenters. The lowest BCUT2D eigenvalue weighted by molar-refractivity contribution is -0.116. The van der Waals surface area contributed by atoms with Crippen LogP contribution in [0.1, 0.15) is 11.1 Å². The number of nitrogens with one attached hydrogen (secondary N) is 2. The number of carbonyl (C=O) groups excluding carboxylic acids is 1. The number of thioether (sulfide) groups is 1. The Kier molecular flexibility index (Phi) is 8.70. The molecular weight excluding hydrogens is 566 g/mol. The summed E-state index contributed by atoms with van der Waals surface area (Å²) in [4.78, 5) is 13.1. The van der Waals surface area contributed by atoms with Gasteiger partial charge in [0.1, 0.15) is 12.4 Å². The van der Waals surface area contributed by atoms with Gasteiger partial charge in [-0.1, -0.05) is 64.2 Å². The number of halogens is 4. The van der Waals surface area contributed by atoms with Crippen LogP contribution in [0.3, 0.4) is 0 Å². The Hall–Kier alpha value is -2.42. The van der Waals surface area contributed by atoms with Crippen LogP contribution in [0.15, 0.2) is 53.4 Å². The summed E-state index contributed by atoms with van der Waals surface area (Å²) < 4.78 is 16.8. The summed E-state index contributed by atoms with van der Waals surface area (Å²) in [5, 5.41) is 8.00. The van der Waals surface area contributed by atoms with Gasteiger partial charge in [0.25, 0.3) is 5.91 Å². The molecule has 1 fully saturated rings. The summed E-state index contributed by atoms with van der Waals surface area (Å²) in [7, 11) is 3.08. The normalized spacial score (nSPS) is 16.1. The third-order valence-electron chi connectivity index (χ3n) is 5.12. The Morgan fingerprint density at radius 3 is 2.39 bits per heavy atom. The van der Waals surface area contributed by atoms with Crippen LogP contribution < -0.4 is 24.8 Å². The summed E-state index contributed by atoms with van der Waals surface area (Å²) >= 11 is 26.1. The van der Waals surface area contributed by atoms with Gasteiger partial charge in [0.05, 0.1) is 29.8 Å². The molecule has 2 N–H and O–H groups in total. The van der Waals surface area contributed by atoms with E-state index in [2.05, 4.69) is 10.6 Å². The average Bonchev–Trinajstić information content (AvgIpc) is 3.17. The van der Waals surface area contributed by atoms with Gasteiger partial charge in [0.2, 0.25) is 0 Å². The van der Waals surface area contributed by atoms with Crippen LogP contribution in [0.25, 0.3) is 6.08 Å². The number of hydrogen-bond acceptors (Lipinski definition) is 6. The fraction of sp³-hybridized carbons (Fsp3) is 0.160. The van der Waals surface area contributed by atoms with Crippen LogP contribution in [-0.4, -0.2) is 25.6 Å². The summed E-state index contributed by atoms with van der Waals surface area (Å²) in [6, 6.07) is 13.8. The van der Waals surface area contributed by atoms with E-state index < -0.39 is 5.50 Å². The van der Waals surface area contributed by atoms with Gasteiger partial charge in [0.15, 0.2) is 17.0 Å². The molecule has 4 rings (SSSR count). The third-order valence-corrected chi connectivity index (χ3v) is 7.25. The van der Waals surface area contributed by atoms with E-state index in [9.17, 15) is 4.79 Å². The molecule has 0 radical (unpaired) electrons. The largest absolute Gasteiger partial charge is 0.495 e. The fourth-order valence-electron chi connectivity index (χ4n) is 3.40. The van der Waals surface area contributed by atoms with Gasteiger partial charge >= 0.3 is 0 Å². The van der Waals surface area contributed by atoms with Gasteiger partial charge in [-0.15, -0.1) is 0 Å². The fourth-order valence-corrected chi connectivity index (χ4v) is 5.29. The molecule has 0 spiro atoms. The second kappa shape index (κ2) is 11.8. The number of hydrogen-bond donors (Lipinski definition) is 2. The first-order chi connectivity index (χ1) is 17.3. The molecule has 0 aliphatic carbocycles. The predicted molar refractivity (Wildman–Crippen MR) is 148 cm³/mol. The van der Waals surface area contributed by atoms with Crippen LogP contribution in [0.5, 0.6) is 17.2 Å². The lowest BCUT2D eigenvalue weighted by Gasteiger charge is -2.16. The number of carbonyl (C=O) groups is 1. The molecule has 6 nitrogen and oxygen atoms in total. The minimum absolute atomic E-state index is 0.172. The Morgan fingerprint density at radius 2 is 1.67 bits per heavy atom.